The van der Waals surface area contributed by atoms with E-state index in [1.165, 1.54) is 0 Å². The third-order valence-electron chi connectivity index (χ3n) is 3.28. The first-order valence-corrected chi connectivity index (χ1v) is 8.05. The Kier molecular flexibility index (Phi) is 6.59. The number of nitrogens with one attached hydrogen (secondary N) is 2. The molecule has 0 amide bonds. The Balaban J connectivity index is 2.15. The number of rotatable bonds is 6. The van der Waals surface area contributed by atoms with Crippen LogP contribution < -0.4 is 20.1 Å². The fourth-order valence-electron chi connectivity index (χ4n) is 2.14. The molecular weight excluding hydrogens is 340 g/mol. The second kappa shape index (κ2) is 8.89. The lowest BCUT2D eigenvalue weighted by molar-refractivity contribution is 0.0527. The summed E-state index contributed by atoms with van der Waals surface area (Å²) in [4.78, 5) is 12.0. The second-order valence-corrected chi connectivity index (χ2v) is 5.35. The zero-order valence-corrected chi connectivity index (χ0v) is 15.1. The molecule has 2 N–H and O–H groups in total. The average molecular weight is 360 g/mol. The minimum atomic E-state index is -0.406. The van der Waals surface area contributed by atoms with Crippen LogP contribution in [0.5, 0.6) is 11.5 Å². The summed E-state index contributed by atoms with van der Waals surface area (Å²) >= 11 is 5.33. The summed E-state index contributed by atoms with van der Waals surface area (Å²) in [5, 5.41) is 6.38. The molecule has 2 aromatic carbocycles. The Hall–Kier alpha value is -2.80. The van der Waals surface area contributed by atoms with Gasteiger partial charge < -0.3 is 24.8 Å². The number of carbonyl (C=O) groups excluding carboxylic acids is 1. The molecule has 0 saturated heterocycles. The molecular formula is C18H20N2O4S. The summed E-state index contributed by atoms with van der Waals surface area (Å²) in [5.41, 5.74) is 1.67. The van der Waals surface area contributed by atoms with Crippen molar-refractivity contribution in [2.45, 2.75) is 6.92 Å². The first-order chi connectivity index (χ1) is 12.1. The van der Waals surface area contributed by atoms with Gasteiger partial charge in [-0.15, -0.1) is 0 Å². The summed E-state index contributed by atoms with van der Waals surface area (Å²) in [6, 6.07) is 12.3. The van der Waals surface area contributed by atoms with Crippen LogP contribution in [-0.4, -0.2) is 31.9 Å². The number of methoxy groups -OCH3 is 2. The van der Waals surface area contributed by atoms with Crippen LogP contribution in [0.4, 0.5) is 11.4 Å². The van der Waals surface area contributed by atoms with E-state index in [4.69, 9.17) is 26.4 Å². The zero-order chi connectivity index (χ0) is 18.2. The van der Waals surface area contributed by atoms with Crippen molar-refractivity contribution in [2.24, 2.45) is 0 Å². The van der Waals surface area contributed by atoms with Crippen LogP contribution >= 0.6 is 12.2 Å². The predicted molar refractivity (Wildman–Crippen MR) is 102 cm³/mol. The number of ether oxygens (including phenoxy) is 3. The number of esters is 1. The number of benzene rings is 2. The van der Waals surface area contributed by atoms with Gasteiger partial charge in [-0.25, -0.2) is 4.79 Å². The molecule has 0 saturated carbocycles. The normalized spacial score (nSPS) is 9.88. The van der Waals surface area contributed by atoms with Crippen molar-refractivity contribution in [2.75, 3.05) is 31.5 Å². The highest BCUT2D eigenvalue weighted by Crippen LogP contribution is 2.26. The highest BCUT2D eigenvalue weighted by atomic mass is 32.1. The molecule has 0 radical (unpaired) electrons. The summed E-state index contributed by atoms with van der Waals surface area (Å²) in [5.74, 6) is 0.865. The summed E-state index contributed by atoms with van der Waals surface area (Å²) in [7, 11) is 3.15. The van der Waals surface area contributed by atoms with Crippen LogP contribution in [0.2, 0.25) is 0 Å². The van der Waals surface area contributed by atoms with Gasteiger partial charge in [-0.2, -0.15) is 0 Å². The molecule has 0 fully saturated rings. The van der Waals surface area contributed by atoms with E-state index in [0.717, 1.165) is 0 Å². The van der Waals surface area contributed by atoms with Crippen molar-refractivity contribution in [1.82, 2.24) is 0 Å². The lowest BCUT2D eigenvalue weighted by Gasteiger charge is -2.14. The minimum Gasteiger partial charge on any atom is -0.497 e. The van der Waals surface area contributed by atoms with Gasteiger partial charge in [0.05, 0.1) is 32.1 Å². The van der Waals surface area contributed by atoms with Gasteiger partial charge in [0.15, 0.2) is 5.11 Å². The molecule has 0 aliphatic carbocycles. The van der Waals surface area contributed by atoms with Gasteiger partial charge in [0, 0.05) is 23.9 Å². The van der Waals surface area contributed by atoms with E-state index in [1.54, 1.807) is 57.5 Å². The highest BCUT2D eigenvalue weighted by molar-refractivity contribution is 7.80. The fourth-order valence-corrected chi connectivity index (χ4v) is 2.37. The van der Waals surface area contributed by atoms with E-state index in [0.29, 0.717) is 40.2 Å². The zero-order valence-electron chi connectivity index (χ0n) is 14.3. The fraction of sp³-hybridized carbons (Fsp3) is 0.222. The van der Waals surface area contributed by atoms with Crippen molar-refractivity contribution in [1.29, 1.82) is 0 Å². The van der Waals surface area contributed by atoms with E-state index in [9.17, 15) is 4.79 Å². The Morgan fingerprint density at radius 2 is 1.68 bits per heavy atom. The molecule has 0 aliphatic heterocycles. The van der Waals surface area contributed by atoms with Gasteiger partial charge >= 0.3 is 5.97 Å². The maximum absolute atomic E-state index is 12.0. The Labute approximate surface area is 152 Å². The molecule has 6 nitrogen and oxygen atoms in total. The van der Waals surface area contributed by atoms with Crippen molar-refractivity contribution in [3.05, 3.63) is 48.0 Å². The lowest BCUT2D eigenvalue weighted by atomic mass is 10.2. The maximum atomic E-state index is 12.0. The topological polar surface area (TPSA) is 68.8 Å². The molecule has 132 valence electrons. The van der Waals surface area contributed by atoms with E-state index in [1.807, 2.05) is 6.07 Å². The predicted octanol–water partition coefficient (Wildman–Crippen LogP) is 3.69. The second-order valence-electron chi connectivity index (χ2n) is 4.95. The van der Waals surface area contributed by atoms with Crippen molar-refractivity contribution < 1.29 is 19.0 Å². The molecule has 0 aromatic heterocycles. The number of thiocarbonyl (C=S) groups is 1. The summed E-state index contributed by atoms with van der Waals surface area (Å²) < 4.78 is 15.5. The first kappa shape index (κ1) is 18.5. The van der Waals surface area contributed by atoms with Crippen molar-refractivity contribution in [3.8, 4) is 11.5 Å². The average Bonchev–Trinajstić information content (AvgIpc) is 2.61. The number of carbonyl (C=O) groups is 1. The van der Waals surface area contributed by atoms with E-state index in [2.05, 4.69) is 10.6 Å². The third-order valence-corrected chi connectivity index (χ3v) is 3.48. The van der Waals surface area contributed by atoms with Gasteiger partial charge in [0.1, 0.15) is 11.5 Å². The van der Waals surface area contributed by atoms with Gasteiger partial charge in [-0.1, -0.05) is 12.1 Å². The first-order valence-electron chi connectivity index (χ1n) is 7.64. The van der Waals surface area contributed by atoms with Crippen LogP contribution in [0.25, 0.3) is 0 Å². The standard InChI is InChI=1S/C18H20N2O4S/c1-4-24-17(21)15-7-5-6-8-16(15)20-18(25)19-12-9-13(22-2)11-14(10-12)23-3/h5-11H,4H2,1-3H3,(H2,19,20,25). The van der Waals surface area contributed by atoms with E-state index in [-0.39, 0.29) is 0 Å². The minimum absolute atomic E-state index is 0.305. The number of hydrogen-bond acceptors (Lipinski definition) is 5. The summed E-state index contributed by atoms with van der Waals surface area (Å²) in [6.45, 7) is 2.07. The lowest BCUT2D eigenvalue weighted by Crippen LogP contribution is -2.21. The molecule has 0 unspecified atom stereocenters. The third kappa shape index (κ3) is 5.09. The molecule has 2 rings (SSSR count). The smallest absolute Gasteiger partial charge is 0.340 e. The maximum Gasteiger partial charge on any atom is 0.340 e. The molecule has 0 atom stereocenters. The van der Waals surface area contributed by atoms with Crippen molar-refractivity contribution >= 4 is 34.7 Å². The van der Waals surface area contributed by atoms with Gasteiger partial charge in [0.2, 0.25) is 0 Å². The summed E-state index contributed by atoms with van der Waals surface area (Å²) in [6.07, 6.45) is 0. The monoisotopic (exact) mass is 360 g/mol. The molecule has 0 bridgehead atoms. The Bertz CT molecular complexity index is 742. The largest absolute Gasteiger partial charge is 0.497 e. The quantitative estimate of drug-likeness (QED) is 0.601. The van der Waals surface area contributed by atoms with Gasteiger partial charge in [-0.3, -0.25) is 0 Å². The number of para-hydroxylation sites is 1. The van der Waals surface area contributed by atoms with Crippen LogP contribution in [0.15, 0.2) is 42.5 Å². The van der Waals surface area contributed by atoms with Crippen LogP contribution in [0, 0.1) is 0 Å². The molecule has 0 spiro atoms. The van der Waals surface area contributed by atoms with Crippen molar-refractivity contribution in [3.63, 3.8) is 0 Å². The van der Waals surface area contributed by atoms with Crippen LogP contribution in [0.3, 0.4) is 0 Å². The van der Waals surface area contributed by atoms with Crippen LogP contribution in [-0.2, 0) is 4.74 Å². The Morgan fingerprint density at radius 3 is 2.28 bits per heavy atom. The molecule has 7 heteroatoms. The SMILES string of the molecule is CCOC(=O)c1ccccc1NC(=S)Nc1cc(OC)cc(OC)c1. The molecule has 0 aliphatic rings. The number of hydrogen-bond donors (Lipinski definition) is 2. The molecule has 0 heterocycles. The molecule has 2 aromatic rings. The highest BCUT2D eigenvalue weighted by Gasteiger charge is 2.13. The van der Waals surface area contributed by atoms with Gasteiger partial charge in [-0.05, 0) is 31.3 Å². The van der Waals surface area contributed by atoms with Crippen LogP contribution in [0.1, 0.15) is 17.3 Å². The molecule has 25 heavy (non-hydrogen) atoms. The van der Waals surface area contributed by atoms with E-state index < -0.39 is 5.97 Å². The van der Waals surface area contributed by atoms with E-state index >= 15 is 0 Å². The number of anilines is 2. The van der Waals surface area contributed by atoms with Gasteiger partial charge in [0.25, 0.3) is 0 Å². The Morgan fingerprint density at radius 1 is 1.04 bits per heavy atom.